The van der Waals surface area contributed by atoms with Crippen LogP contribution in [0.2, 0.25) is 0 Å². The summed E-state index contributed by atoms with van der Waals surface area (Å²) >= 11 is 1.32. The van der Waals surface area contributed by atoms with Gasteiger partial charge >= 0.3 is 0 Å². The predicted octanol–water partition coefficient (Wildman–Crippen LogP) is 3.41. The first-order valence-electron chi connectivity index (χ1n) is 6.37. The number of carbonyl (C=O) groups is 4. The summed E-state index contributed by atoms with van der Waals surface area (Å²) in [6.07, 6.45) is 0. The molecule has 6 heteroatoms. The fraction of sp³-hybridized carbons (Fsp3) is 0. The summed E-state index contributed by atoms with van der Waals surface area (Å²) in [5.74, 6) is 0. The molecule has 0 spiro atoms. The van der Waals surface area contributed by atoms with Crippen LogP contribution in [0.3, 0.4) is 0 Å². The first-order chi connectivity index (χ1) is 10.6. The Hall–Kier alpha value is -2.18. The number of benzene rings is 2. The van der Waals surface area contributed by atoms with Gasteiger partial charge in [0.1, 0.15) is 0 Å². The summed E-state index contributed by atoms with van der Waals surface area (Å²) in [6.45, 7) is 0. The molecule has 0 amide bonds. The van der Waals surface area contributed by atoms with Crippen molar-refractivity contribution in [2.24, 2.45) is 0 Å². The SMILES string of the molecule is O=C1SC(=O)c2c1cccc2-c1cccc2c1C(=O)SC2=O. The van der Waals surface area contributed by atoms with E-state index in [1.54, 1.807) is 36.4 Å². The highest BCUT2D eigenvalue weighted by atomic mass is 32.2. The molecular weight excluding hydrogens is 320 g/mol. The van der Waals surface area contributed by atoms with Crippen LogP contribution >= 0.6 is 23.5 Å². The van der Waals surface area contributed by atoms with E-state index in [9.17, 15) is 19.2 Å². The predicted molar refractivity (Wildman–Crippen MR) is 84.4 cm³/mol. The van der Waals surface area contributed by atoms with Crippen LogP contribution in [0.15, 0.2) is 36.4 Å². The van der Waals surface area contributed by atoms with E-state index in [-0.39, 0.29) is 20.5 Å². The Balaban J connectivity index is 2.04. The van der Waals surface area contributed by atoms with Crippen molar-refractivity contribution in [3.05, 3.63) is 58.7 Å². The lowest BCUT2D eigenvalue weighted by Crippen LogP contribution is -2.00. The first-order valence-corrected chi connectivity index (χ1v) is 8.00. The average molecular weight is 326 g/mol. The summed E-state index contributed by atoms with van der Waals surface area (Å²) in [6, 6.07) is 9.96. The number of hydrogen-bond donors (Lipinski definition) is 0. The van der Waals surface area contributed by atoms with Gasteiger partial charge < -0.3 is 0 Å². The summed E-state index contributed by atoms with van der Waals surface area (Å²) < 4.78 is 0. The molecule has 2 heterocycles. The van der Waals surface area contributed by atoms with Crippen LogP contribution in [0.5, 0.6) is 0 Å². The van der Waals surface area contributed by atoms with E-state index in [0.29, 0.717) is 56.9 Å². The molecule has 2 aromatic carbocycles. The van der Waals surface area contributed by atoms with Gasteiger partial charge in [-0.2, -0.15) is 0 Å². The molecule has 0 bridgehead atoms. The quantitative estimate of drug-likeness (QED) is 0.800. The molecule has 4 rings (SSSR count). The molecule has 0 atom stereocenters. The molecule has 0 radical (unpaired) electrons. The zero-order valence-corrected chi connectivity index (χ0v) is 12.5. The highest BCUT2D eigenvalue weighted by Crippen LogP contribution is 2.42. The van der Waals surface area contributed by atoms with Crippen molar-refractivity contribution in [3.8, 4) is 11.1 Å². The monoisotopic (exact) mass is 326 g/mol. The molecule has 2 aromatic rings. The van der Waals surface area contributed by atoms with Gasteiger partial charge in [0, 0.05) is 22.3 Å². The fourth-order valence-electron chi connectivity index (χ4n) is 2.71. The molecular formula is C16H6O4S2. The standard InChI is InChI=1S/C16H6O4S2/c17-13-9-5-1-3-7(11(9)15(19)21-13)8-4-2-6-10-12(8)16(20)22-14(10)18/h1-6H. The van der Waals surface area contributed by atoms with Gasteiger partial charge in [-0.1, -0.05) is 24.3 Å². The van der Waals surface area contributed by atoms with Crippen molar-refractivity contribution in [2.45, 2.75) is 0 Å². The first kappa shape index (κ1) is 13.5. The minimum atomic E-state index is -0.322. The second-order valence-electron chi connectivity index (χ2n) is 4.81. The topological polar surface area (TPSA) is 68.3 Å². The van der Waals surface area contributed by atoms with Gasteiger partial charge in [0.05, 0.1) is 0 Å². The van der Waals surface area contributed by atoms with Crippen LogP contribution in [-0.2, 0) is 0 Å². The maximum Gasteiger partial charge on any atom is 0.228 e. The van der Waals surface area contributed by atoms with E-state index in [0.717, 1.165) is 0 Å². The maximum atomic E-state index is 12.1. The molecule has 0 saturated heterocycles. The van der Waals surface area contributed by atoms with Gasteiger partial charge in [-0.15, -0.1) is 0 Å². The Bertz CT molecular complexity index is 839. The van der Waals surface area contributed by atoms with Crippen molar-refractivity contribution >= 4 is 44.0 Å². The van der Waals surface area contributed by atoms with Gasteiger partial charge in [0.2, 0.25) is 20.5 Å². The lowest BCUT2D eigenvalue weighted by Gasteiger charge is -2.09. The zero-order valence-electron chi connectivity index (χ0n) is 10.9. The number of rotatable bonds is 1. The van der Waals surface area contributed by atoms with E-state index < -0.39 is 0 Å². The Morgan fingerprint density at radius 1 is 0.500 bits per heavy atom. The van der Waals surface area contributed by atoms with Gasteiger partial charge in [0.15, 0.2) is 0 Å². The molecule has 0 aliphatic carbocycles. The van der Waals surface area contributed by atoms with E-state index in [1.807, 2.05) is 0 Å². The van der Waals surface area contributed by atoms with Crippen LogP contribution in [0.4, 0.5) is 0 Å². The molecule has 4 nitrogen and oxygen atoms in total. The highest BCUT2D eigenvalue weighted by Gasteiger charge is 2.35. The molecule has 2 aliphatic heterocycles. The van der Waals surface area contributed by atoms with Crippen molar-refractivity contribution in [2.75, 3.05) is 0 Å². The lowest BCUT2D eigenvalue weighted by atomic mass is 9.91. The third-order valence-corrected chi connectivity index (χ3v) is 5.23. The number of carbonyl (C=O) groups excluding carboxylic acids is 4. The minimum Gasteiger partial charge on any atom is -0.281 e. The van der Waals surface area contributed by atoms with E-state index in [1.165, 1.54) is 0 Å². The van der Waals surface area contributed by atoms with Crippen LogP contribution in [0, 0.1) is 0 Å². The molecule has 2 aliphatic rings. The largest absolute Gasteiger partial charge is 0.281 e. The molecule has 0 unspecified atom stereocenters. The number of fused-ring (bicyclic) bond motifs is 2. The number of thioether (sulfide) groups is 2. The van der Waals surface area contributed by atoms with Crippen LogP contribution < -0.4 is 0 Å². The summed E-state index contributed by atoms with van der Waals surface area (Å²) in [7, 11) is 0. The van der Waals surface area contributed by atoms with Crippen molar-refractivity contribution < 1.29 is 19.2 Å². The summed E-state index contributed by atoms with van der Waals surface area (Å²) in [5, 5.41) is -1.22. The minimum absolute atomic E-state index is 0.286. The molecule has 0 N–H and O–H groups in total. The summed E-state index contributed by atoms with van der Waals surface area (Å²) in [5.41, 5.74) is 2.41. The maximum absolute atomic E-state index is 12.1. The average Bonchev–Trinajstić information content (AvgIpc) is 2.97. The van der Waals surface area contributed by atoms with Crippen molar-refractivity contribution in [1.82, 2.24) is 0 Å². The van der Waals surface area contributed by atoms with Crippen LogP contribution in [-0.4, -0.2) is 20.5 Å². The Morgan fingerprint density at radius 2 is 0.864 bits per heavy atom. The lowest BCUT2D eigenvalue weighted by molar-refractivity contribution is 0.107. The van der Waals surface area contributed by atoms with Gasteiger partial charge in [-0.05, 0) is 46.8 Å². The van der Waals surface area contributed by atoms with Gasteiger partial charge in [-0.25, -0.2) is 0 Å². The second kappa shape index (κ2) is 4.66. The Morgan fingerprint density at radius 3 is 1.27 bits per heavy atom. The highest BCUT2D eigenvalue weighted by molar-refractivity contribution is 8.28. The molecule has 0 fully saturated rings. The Labute approximate surface area is 133 Å². The normalized spacial score (nSPS) is 16.2. The van der Waals surface area contributed by atoms with Crippen LogP contribution in [0.25, 0.3) is 11.1 Å². The van der Waals surface area contributed by atoms with Crippen LogP contribution in [0.1, 0.15) is 41.4 Å². The van der Waals surface area contributed by atoms with Gasteiger partial charge in [-0.3, -0.25) is 19.2 Å². The third kappa shape index (κ3) is 1.74. The Kier molecular flexibility index (Phi) is 2.85. The third-order valence-electron chi connectivity index (χ3n) is 3.64. The van der Waals surface area contributed by atoms with Crippen molar-refractivity contribution in [1.29, 1.82) is 0 Å². The molecule has 0 aromatic heterocycles. The van der Waals surface area contributed by atoms with E-state index in [2.05, 4.69) is 0 Å². The number of hydrogen-bond acceptors (Lipinski definition) is 6. The molecule has 22 heavy (non-hydrogen) atoms. The zero-order chi connectivity index (χ0) is 15.4. The van der Waals surface area contributed by atoms with E-state index >= 15 is 0 Å². The smallest absolute Gasteiger partial charge is 0.228 e. The molecule has 106 valence electrons. The summed E-state index contributed by atoms with van der Waals surface area (Å²) in [4.78, 5) is 47.9. The molecule has 0 saturated carbocycles. The van der Waals surface area contributed by atoms with Crippen molar-refractivity contribution in [3.63, 3.8) is 0 Å². The second-order valence-corrected chi connectivity index (χ2v) is 6.70. The van der Waals surface area contributed by atoms with Gasteiger partial charge in [0.25, 0.3) is 0 Å². The fourth-order valence-corrected chi connectivity index (χ4v) is 4.25. The van der Waals surface area contributed by atoms with E-state index in [4.69, 9.17) is 0 Å².